The van der Waals surface area contributed by atoms with Gasteiger partial charge in [-0.2, -0.15) is 5.10 Å². The zero-order chi connectivity index (χ0) is 15.8. The molecule has 2 aromatic heterocycles. The van der Waals surface area contributed by atoms with Gasteiger partial charge in [-0.3, -0.25) is 4.79 Å². The zero-order valence-electron chi connectivity index (χ0n) is 12.4. The molecule has 0 radical (unpaired) electrons. The monoisotopic (exact) mass is 310 g/mol. The third-order valence-corrected chi connectivity index (χ3v) is 4.20. The number of nitrogens with one attached hydrogen (secondary N) is 1. The van der Waals surface area contributed by atoms with E-state index in [4.69, 9.17) is 0 Å². The summed E-state index contributed by atoms with van der Waals surface area (Å²) < 4.78 is 14.6. The van der Waals surface area contributed by atoms with E-state index in [0.29, 0.717) is 22.8 Å². The van der Waals surface area contributed by atoms with Crippen LogP contribution in [-0.2, 0) is 0 Å². The van der Waals surface area contributed by atoms with Gasteiger partial charge >= 0.3 is 0 Å². The predicted molar refractivity (Wildman–Crippen MR) is 83.9 cm³/mol. The lowest BCUT2D eigenvalue weighted by Crippen LogP contribution is -2.12. The van der Waals surface area contributed by atoms with Gasteiger partial charge < -0.3 is 5.32 Å². The topological polar surface area (TPSA) is 59.3 Å². The maximum Gasteiger partial charge on any atom is 0.255 e. The summed E-state index contributed by atoms with van der Waals surface area (Å²) in [6.07, 6.45) is 5.27. The van der Waals surface area contributed by atoms with E-state index in [1.54, 1.807) is 10.6 Å². The molecule has 1 N–H and O–H groups in total. The second-order valence-electron chi connectivity index (χ2n) is 5.75. The van der Waals surface area contributed by atoms with E-state index in [1.807, 2.05) is 12.3 Å². The lowest BCUT2D eigenvalue weighted by molar-refractivity contribution is 0.102. The number of hydrogen-bond donors (Lipinski definition) is 1. The van der Waals surface area contributed by atoms with Crippen LogP contribution < -0.4 is 5.32 Å². The summed E-state index contributed by atoms with van der Waals surface area (Å²) in [4.78, 5) is 16.9. The molecule has 3 aromatic rings. The fraction of sp³-hybridized carbons (Fsp3) is 0.235. The summed E-state index contributed by atoms with van der Waals surface area (Å²) in [5.74, 6) is 0.591. The quantitative estimate of drug-likeness (QED) is 0.806. The van der Waals surface area contributed by atoms with Gasteiger partial charge in [0.25, 0.3) is 5.91 Å². The Kier molecular flexibility index (Phi) is 3.29. The summed E-state index contributed by atoms with van der Waals surface area (Å²) in [7, 11) is 0. The van der Waals surface area contributed by atoms with Crippen molar-refractivity contribution in [3.63, 3.8) is 0 Å². The molecule has 0 spiro atoms. The summed E-state index contributed by atoms with van der Waals surface area (Å²) >= 11 is 0. The van der Waals surface area contributed by atoms with Crippen molar-refractivity contribution < 1.29 is 9.18 Å². The first-order valence-corrected chi connectivity index (χ1v) is 7.63. The van der Waals surface area contributed by atoms with Crippen LogP contribution in [0.5, 0.6) is 0 Å². The predicted octanol–water partition coefficient (Wildman–Crippen LogP) is 3.39. The molecule has 5 nitrogen and oxygen atoms in total. The summed E-state index contributed by atoms with van der Waals surface area (Å²) in [5.41, 5.74) is 1.62. The van der Waals surface area contributed by atoms with Gasteiger partial charge in [0.05, 0.1) is 5.69 Å². The lowest BCUT2D eigenvalue weighted by Gasteiger charge is -2.21. The van der Waals surface area contributed by atoms with E-state index in [-0.39, 0.29) is 11.7 Å². The fourth-order valence-corrected chi connectivity index (χ4v) is 2.66. The van der Waals surface area contributed by atoms with Crippen LogP contribution in [0.2, 0.25) is 0 Å². The minimum absolute atomic E-state index is 0.300. The highest BCUT2D eigenvalue weighted by Crippen LogP contribution is 2.35. The zero-order valence-corrected chi connectivity index (χ0v) is 12.4. The summed E-state index contributed by atoms with van der Waals surface area (Å²) in [6, 6.07) is 9.04. The van der Waals surface area contributed by atoms with E-state index >= 15 is 0 Å². The Hall–Kier alpha value is -2.76. The van der Waals surface area contributed by atoms with Gasteiger partial charge in [0, 0.05) is 17.7 Å². The van der Waals surface area contributed by atoms with Crippen LogP contribution in [0.15, 0.2) is 42.6 Å². The molecule has 1 aliphatic rings. The first kappa shape index (κ1) is 13.9. The number of anilines is 1. The maximum absolute atomic E-state index is 12.9. The Bertz CT molecular complexity index is 868. The van der Waals surface area contributed by atoms with Crippen molar-refractivity contribution in [3.05, 3.63) is 59.8 Å². The van der Waals surface area contributed by atoms with Gasteiger partial charge in [0.1, 0.15) is 5.82 Å². The molecule has 23 heavy (non-hydrogen) atoms. The number of halogens is 1. The van der Waals surface area contributed by atoms with Gasteiger partial charge in [0.2, 0.25) is 0 Å². The Balaban J connectivity index is 1.64. The number of rotatable bonds is 3. The highest BCUT2D eigenvalue weighted by Gasteiger charge is 2.24. The molecule has 6 heteroatoms. The van der Waals surface area contributed by atoms with Crippen molar-refractivity contribution >= 4 is 17.2 Å². The number of carbonyl (C=O) groups excluding carboxylic acids is 1. The van der Waals surface area contributed by atoms with E-state index in [2.05, 4.69) is 15.4 Å². The molecular weight excluding hydrogens is 295 g/mol. The standard InChI is InChI=1S/C17H15FN4O/c18-13-8-6-12(7-9-13)17(23)19-14-5-2-10-22-16(14)20-15(21-22)11-3-1-4-11/h2,5-11H,1,3-4H2,(H,19,23). The minimum atomic E-state index is -0.369. The number of hydrogen-bond acceptors (Lipinski definition) is 3. The van der Waals surface area contributed by atoms with E-state index in [9.17, 15) is 9.18 Å². The van der Waals surface area contributed by atoms with Crippen molar-refractivity contribution in [3.8, 4) is 0 Å². The molecule has 0 atom stereocenters. The molecule has 0 bridgehead atoms. The van der Waals surface area contributed by atoms with Gasteiger partial charge in [-0.1, -0.05) is 6.42 Å². The van der Waals surface area contributed by atoms with E-state index in [1.165, 1.54) is 30.7 Å². The van der Waals surface area contributed by atoms with Crippen LogP contribution in [0, 0.1) is 5.82 Å². The van der Waals surface area contributed by atoms with Gasteiger partial charge in [0.15, 0.2) is 11.5 Å². The first-order valence-electron chi connectivity index (χ1n) is 7.63. The number of pyridine rings is 1. The highest BCUT2D eigenvalue weighted by atomic mass is 19.1. The largest absolute Gasteiger partial charge is 0.319 e. The minimum Gasteiger partial charge on any atom is -0.319 e. The molecule has 1 aromatic carbocycles. The summed E-state index contributed by atoms with van der Waals surface area (Å²) in [6.45, 7) is 0. The first-order chi connectivity index (χ1) is 11.2. The number of aromatic nitrogens is 3. The normalized spacial score (nSPS) is 14.7. The Morgan fingerprint density at radius 1 is 1.22 bits per heavy atom. The van der Waals surface area contributed by atoms with Crippen LogP contribution >= 0.6 is 0 Å². The fourth-order valence-electron chi connectivity index (χ4n) is 2.66. The van der Waals surface area contributed by atoms with Gasteiger partial charge in [-0.25, -0.2) is 13.9 Å². The average molecular weight is 310 g/mol. The van der Waals surface area contributed by atoms with Gasteiger partial charge in [-0.15, -0.1) is 0 Å². The second kappa shape index (κ2) is 5.46. The smallest absolute Gasteiger partial charge is 0.255 e. The van der Waals surface area contributed by atoms with Crippen molar-refractivity contribution in [2.24, 2.45) is 0 Å². The number of nitrogens with zero attached hydrogens (tertiary/aromatic N) is 3. The second-order valence-corrected chi connectivity index (χ2v) is 5.75. The SMILES string of the molecule is O=C(Nc1cccn2nc(C3CCC3)nc12)c1ccc(F)cc1. The molecule has 2 heterocycles. The third kappa shape index (κ3) is 2.56. The molecule has 1 aliphatic carbocycles. The molecule has 1 saturated carbocycles. The number of benzene rings is 1. The van der Waals surface area contributed by atoms with Crippen LogP contribution in [0.1, 0.15) is 41.4 Å². The Labute approximate surface area is 132 Å². The van der Waals surface area contributed by atoms with Crippen LogP contribution in [0.4, 0.5) is 10.1 Å². The van der Waals surface area contributed by atoms with Crippen molar-refractivity contribution in [2.45, 2.75) is 25.2 Å². The maximum atomic E-state index is 12.9. The number of carbonyl (C=O) groups is 1. The van der Waals surface area contributed by atoms with Crippen molar-refractivity contribution in [2.75, 3.05) is 5.32 Å². The molecule has 116 valence electrons. The van der Waals surface area contributed by atoms with Gasteiger partial charge in [-0.05, 0) is 49.2 Å². The molecular formula is C17H15FN4O. The Morgan fingerprint density at radius 3 is 2.70 bits per heavy atom. The van der Waals surface area contributed by atoms with Crippen LogP contribution in [-0.4, -0.2) is 20.5 Å². The van der Waals surface area contributed by atoms with Crippen molar-refractivity contribution in [1.82, 2.24) is 14.6 Å². The third-order valence-electron chi connectivity index (χ3n) is 4.20. The Morgan fingerprint density at radius 2 is 2.00 bits per heavy atom. The molecule has 1 amide bonds. The average Bonchev–Trinajstić information content (AvgIpc) is 2.90. The highest BCUT2D eigenvalue weighted by molar-refractivity contribution is 6.05. The summed E-state index contributed by atoms with van der Waals surface area (Å²) in [5, 5.41) is 7.32. The van der Waals surface area contributed by atoms with Crippen LogP contribution in [0.25, 0.3) is 5.65 Å². The molecule has 0 aliphatic heterocycles. The number of amides is 1. The number of fused-ring (bicyclic) bond motifs is 1. The molecule has 0 saturated heterocycles. The van der Waals surface area contributed by atoms with Crippen molar-refractivity contribution in [1.29, 1.82) is 0 Å². The molecule has 0 unspecified atom stereocenters. The molecule has 1 fully saturated rings. The van der Waals surface area contributed by atoms with E-state index in [0.717, 1.165) is 18.7 Å². The molecule has 4 rings (SSSR count). The lowest BCUT2D eigenvalue weighted by atomic mass is 9.85. The van der Waals surface area contributed by atoms with Crippen LogP contribution in [0.3, 0.4) is 0 Å². The van der Waals surface area contributed by atoms with E-state index < -0.39 is 0 Å².